The molecule has 4 rings (SSSR count). The third-order valence-electron chi connectivity index (χ3n) is 5.52. The summed E-state index contributed by atoms with van der Waals surface area (Å²) in [5, 5.41) is 12.0. The van der Waals surface area contributed by atoms with E-state index < -0.39 is 5.97 Å². The highest BCUT2D eigenvalue weighted by Crippen LogP contribution is 2.31. The lowest BCUT2D eigenvalue weighted by atomic mass is 10.1. The van der Waals surface area contributed by atoms with Gasteiger partial charge in [0.2, 0.25) is 0 Å². The van der Waals surface area contributed by atoms with Gasteiger partial charge in [-0.1, -0.05) is 72.4 Å². The van der Waals surface area contributed by atoms with Crippen LogP contribution in [0.15, 0.2) is 119 Å². The third-order valence-corrected chi connectivity index (χ3v) is 6.52. The van der Waals surface area contributed by atoms with Crippen LogP contribution < -0.4 is 10.2 Å². The number of hydrogen-bond donors (Lipinski definition) is 2. The molecule has 0 aliphatic carbocycles. The van der Waals surface area contributed by atoms with Crippen LogP contribution in [-0.4, -0.2) is 17.1 Å². The number of anilines is 2. The Kier molecular flexibility index (Phi) is 7.85. The van der Waals surface area contributed by atoms with Gasteiger partial charge in [-0.25, -0.2) is 4.79 Å². The number of nitrogens with one attached hydrogen (secondary N) is 1. The number of aliphatic carboxylic acids is 1. The van der Waals surface area contributed by atoms with E-state index in [0.29, 0.717) is 5.69 Å². The summed E-state index contributed by atoms with van der Waals surface area (Å²) in [5.41, 5.74) is 3.32. The van der Waals surface area contributed by atoms with Gasteiger partial charge in [0, 0.05) is 21.2 Å². The van der Waals surface area contributed by atoms with Crippen LogP contribution in [0.2, 0.25) is 0 Å². The van der Waals surface area contributed by atoms with Crippen LogP contribution in [-0.2, 0) is 11.2 Å². The molecule has 0 spiro atoms. The second kappa shape index (κ2) is 11.4. The maximum atomic E-state index is 13.4. The number of carbonyl (C=O) groups excluding carboxylic acids is 1. The summed E-state index contributed by atoms with van der Waals surface area (Å²) in [6.07, 6.45) is -0.00130. The molecule has 0 saturated heterocycles. The zero-order valence-electron chi connectivity index (χ0n) is 19.3. The van der Waals surface area contributed by atoms with Crippen LogP contribution in [0.25, 0.3) is 0 Å². The number of amides is 2. The molecule has 1 unspecified atom stereocenters. The predicted molar refractivity (Wildman–Crippen MR) is 141 cm³/mol. The van der Waals surface area contributed by atoms with Gasteiger partial charge in [-0.05, 0) is 66.6 Å². The molecule has 176 valence electrons. The first-order chi connectivity index (χ1) is 17.0. The fourth-order valence-electron chi connectivity index (χ4n) is 3.81. The molecule has 5 nitrogen and oxygen atoms in total. The van der Waals surface area contributed by atoms with E-state index in [1.807, 2.05) is 116 Å². The molecule has 0 radical (unpaired) electrons. The molecular formula is C29H26N2O3S. The van der Waals surface area contributed by atoms with Crippen molar-refractivity contribution in [2.75, 3.05) is 10.2 Å². The number of rotatable bonds is 8. The Bertz CT molecular complexity index is 1280. The molecule has 0 saturated carbocycles. The smallest absolute Gasteiger partial charge is 0.326 e. The quantitative estimate of drug-likeness (QED) is 0.277. The summed E-state index contributed by atoms with van der Waals surface area (Å²) >= 11 is 1.55. The molecule has 0 fully saturated rings. The van der Waals surface area contributed by atoms with Crippen molar-refractivity contribution in [3.63, 3.8) is 0 Å². The van der Waals surface area contributed by atoms with E-state index in [1.165, 1.54) is 0 Å². The van der Waals surface area contributed by atoms with Crippen molar-refractivity contribution in [3.8, 4) is 0 Å². The number of carboxylic acid groups (broad SMARTS) is 1. The van der Waals surface area contributed by atoms with Crippen LogP contribution >= 0.6 is 11.8 Å². The summed E-state index contributed by atoms with van der Waals surface area (Å²) in [5.74, 6) is -0.849. The topological polar surface area (TPSA) is 69.6 Å². The summed E-state index contributed by atoms with van der Waals surface area (Å²) < 4.78 is 0. The minimum absolute atomic E-state index is 0.00130. The molecule has 4 aromatic rings. The number of para-hydroxylation sites is 1. The van der Waals surface area contributed by atoms with Crippen LogP contribution in [0.3, 0.4) is 0 Å². The first kappa shape index (κ1) is 24.1. The fourth-order valence-corrected chi connectivity index (χ4v) is 4.71. The Morgan fingerprint density at radius 1 is 0.829 bits per heavy atom. The Labute approximate surface area is 209 Å². The number of carboxylic acids is 1. The van der Waals surface area contributed by atoms with E-state index in [0.717, 1.165) is 26.6 Å². The van der Waals surface area contributed by atoms with Crippen molar-refractivity contribution in [1.82, 2.24) is 0 Å². The number of nitrogens with zero attached hydrogens (tertiary/aromatic N) is 1. The van der Waals surface area contributed by atoms with Crippen molar-refractivity contribution in [3.05, 3.63) is 120 Å². The molecule has 4 aromatic carbocycles. The van der Waals surface area contributed by atoms with Gasteiger partial charge in [-0.2, -0.15) is 0 Å². The van der Waals surface area contributed by atoms with E-state index in [9.17, 15) is 9.59 Å². The van der Waals surface area contributed by atoms with Crippen molar-refractivity contribution < 1.29 is 14.7 Å². The van der Waals surface area contributed by atoms with Gasteiger partial charge < -0.3 is 10.4 Å². The van der Waals surface area contributed by atoms with Gasteiger partial charge in [-0.15, -0.1) is 0 Å². The van der Waals surface area contributed by atoms with Crippen molar-refractivity contribution in [2.45, 2.75) is 29.2 Å². The zero-order valence-corrected chi connectivity index (χ0v) is 20.1. The summed E-state index contributed by atoms with van der Waals surface area (Å²) in [6, 6.07) is 34.3. The Morgan fingerprint density at radius 3 is 2.14 bits per heavy atom. The molecule has 0 aliphatic rings. The average molecular weight is 483 g/mol. The van der Waals surface area contributed by atoms with Crippen LogP contribution in [0.4, 0.5) is 16.2 Å². The highest BCUT2D eigenvalue weighted by molar-refractivity contribution is 7.99. The summed E-state index contributed by atoms with van der Waals surface area (Å²) in [4.78, 5) is 28.1. The number of benzene rings is 4. The molecule has 0 bridgehead atoms. The Hall–Kier alpha value is -4.03. The summed E-state index contributed by atoms with van der Waals surface area (Å²) in [6.45, 7) is 2.01. The predicted octanol–water partition coefficient (Wildman–Crippen LogP) is 7.26. The van der Waals surface area contributed by atoms with Crippen molar-refractivity contribution in [1.29, 1.82) is 0 Å². The largest absolute Gasteiger partial charge is 0.481 e. The average Bonchev–Trinajstić information content (AvgIpc) is 2.86. The molecular weight excluding hydrogens is 456 g/mol. The van der Waals surface area contributed by atoms with Crippen LogP contribution in [0.5, 0.6) is 0 Å². The number of carbonyl (C=O) groups is 2. The molecule has 6 heteroatoms. The second-order valence-electron chi connectivity index (χ2n) is 8.07. The standard InChI is InChI=1S/C29H26N2O3S/c1-21(23-10-4-2-5-11-23)31(25-12-6-3-7-13-25)29(34)30-24-15-17-26(18-16-24)35-27-14-8-9-22(19-27)20-28(32)33/h2-19,21H,20H2,1H3,(H,30,34)(H,32,33). The second-order valence-corrected chi connectivity index (χ2v) is 9.21. The van der Waals surface area contributed by atoms with Crippen molar-refractivity contribution in [2.24, 2.45) is 0 Å². The van der Waals surface area contributed by atoms with Gasteiger partial charge in [0.15, 0.2) is 0 Å². The van der Waals surface area contributed by atoms with Gasteiger partial charge in [0.1, 0.15) is 0 Å². The fraction of sp³-hybridized carbons (Fsp3) is 0.103. The lowest BCUT2D eigenvalue weighted by Gasteiger charge is -2.30. The number of hydrogen-bond acceptors (Lipinski definition) is 3. The maximum absolute atomic E-state index is 13.4. The first-order valence-corrected chi connectivity index (χ1v) is 12.1. The SMILES string of the molecule is CC(c1ccccc1)N(C(=O)Nc1ccc(Sc2cccc(CC(=O)O)c2)cc1)c1ccccc1. The molecule has 1 atom stereocenters. The van der Waals surface area contributed by atoms with Gasteiger partial charge in [0.25, 0.3) is 0 Å². The minimum Gasteiger partial charge on any atom is -0.481 e. The lowest BCUT2D eigenvalue weighted by Crippen LogP contribution is -2.37. The van der Waals surface area contributed by atoms with E-state index in [4.69, 9.17) is 5.11 Å². The van der Waals surface area contributed by atoms with Crippen LogP contribution in [0.1, 0.15) is 24.1 Å². The lowest BCUT2D eigenvalue weighted by molar-refractivity contribution is -0.136. The first-order valence-electron chi connectivity index (χ1n) is 11.3. The summed E-state index contributed by atoms with van der Waals surface area (Å²) in [7, 11) is 0. The molecule has 0 aliphatic heterocycles. The van der Waals surface area contributed by atoms with E-state index in [2.05, 4.69) is 5.32 Å². The van der Waals surface area contributed by atoms with Gasteiger partial charge >= 0.3 is 12.0 Å². The zero-order chi connectivity index (χ0) is 24.6. The molecule has 2 N–H and O–H groups in total. The molecule has 0 heterocycles. The minimum atomic E-state index is -0.849. The van der Waals surface area contributed by atoms with Crippen LogP contribution in [0, 0.1) is 0 Å². The number of urea groups is 1. The maximum Gasteiger partial charge on any atom is 0.326 e. The monoisotopic (exact) mass is 482 g/mol. The molecule has 0 aromatic heterocycles. The van der Waals surface area contributed by atoms with Crippen molar-refractivity contribution >= 4 is 35.1 Å². The Morgan fingerprint density at radius 2 is 1.49 bits per heavy atom. The van der Waals surface area contributed by atoms with E-state index in [1.54, 1.807) is 16.7 Å². The molecule has 35 heavy (non-hydrogen) atoms. The van der Waals surface area contributed by atoms with Gasteiger partial charge in [-0.3, -0.25) is 9.69 Å². The van der Waals surface area contributed by atoms with E-state index in [-0.39, 0.29) is 18.5 Å². The van der Waals surface area contributed by atoms with Gasteiger partial charge in [0.05, 0.1) is 12.5 Å². The Balaban J connectivity index is 1.48. The highest BCUT2D eigenvalue weighted by Gasteiger charge is 2.23. The van der Waals surface area contributed by atoms with E-state index >= 15 is 0 Å². The third kappa shape index (κ3) is 6.52. The highest BCUT2D eigenvalue weighted by atomic mass is 32.2. The molecule has 2 amide bonds. The normalized spacial score (nSPS) is 11.5.